The standard InChI is InChI=1S/C24H34N2O3S/c1-16-13-17(2)15-22(14-16)26(30(8,28)29)19(4)23(27)25-18(3)20-9-11-21(12-10-20)24(5,6)7/h9-15,18-19H,1-8H3,(H,25,27)/t18-,19-/m0/s1. The highest BCUT2D eigenvalue weighted by molar-refractivity contribution is 7.92. The molecule has 0 aliphatic carbocycles. The summed E-state index contributed by atoms with van der Waals surface area (Å²) >= 11 is 0. The van der Waals surface area contributed by atoms with Crippen LogP contribution < -0.4 is 9.62 Å². The molecule has 6 heteroatoms. The van der Waals surface area contributed by atoms with Gasteiger partial charge in [0.25, 0.3) is 0 Å². The summed E-state index contributed by atoms with van der Waals surface area (Å²) in [6, 6.07) is 12.6. The smallest absolute Gasteiger partial charge is 0.244 e. The molecule has 0 aliphatic heterocycles. The SMILES string of the molecule is Cc1cc(C)cc(N([C@@H](C)C(=O)N[C@@H](C)c2ccc(C(C)(C)C)cc2)S(C)(=O)=O)c1. The van der Waals surface area contributed by atoms with Gasteiger partial charge in [-0.25, -0.2) is 8.42 Å². The van der Waals surface area contributed by atoms with Gasteiger partial charge in [0.05, 0.1) is 18.0 Å². The van der Waals surface area contributed by atoms with Crippen molar-refractivity contribution < 1.29 is 13.2 Å². The van der Waals surface area contributed by atoms with Crippen molar-refractivity contribution in [2.45, 2.75) is 66.0 Å². The van der Waals surface area contributed by atoms with Crippen LogP contribution in [-0.4, -0.2) is 26.6 Å². The zero-order valence-corrected chi connectivity index (χ0v) is 20.1. The number of carbonyl (C=O) groups excluding carboxylic acids is 1. The van der Waals surface area contributed by atoms with Crippen LogP contribution in [0.1, 0.15) is 62.9 Å². The van der Waals surface area contributed by atoms with Crippen LogP contribution in [0, 0.1) is 13.8 Å². The van der Waals surface area contributed by atoms with E-state index in [0.717, 1.165) is 22.9 Å². The van der Waals surface area contributed by atoms with Crippen molar-refractivity contribution in [2.75, 3.05) is 10.6 Å². The average molecular weight is 431 g/mol. The minimum Gasteiger partial charge on any atom is -0.348 e. The Morgan fingerprint density at radius 1 is 0.967 bits per heavy atom. The number of rotatable bonds is 6. The van der Waals surface area contributed by atoms with E-state index < -0.39 is 16.1 Å². The average Bonchev–Trinajstić information content (AvgIpc) is 2.59. The van der Waals surface area contributed by atoms with Gasteiger partial charge in [-0.2, -0.15) is 0 Å². The molecule has 2 aromatic rings. The van der Waals surface area contributed by atoms with Crippen LogP contribution in [-0.2, 0) is 20.2 Å². The van der Waals surface area contributed by atoms with Crippen LogP contribution in [0.5, 0.6) is 0 Å². The molecule has 0 aliphatic rings. The van der Waals surface area contributed by atoms with Crippen molar-refractivity contribution in [3.63, 3.8) is 0 Å². The van der Waals surface area contributed by atoms with Gasteiger partial charge in [0.15, 0.2) is 0 Å². The molecule has 0 radical (unpaired) electrons. The fourth-order valence-corrected chi connectivity index (χ4v) is 4.73. The maximum atomic E-state index is 13.0. The third kappa shape index (κ3) is 5.85. The third-order valence-electron chi connectivity index (χ3n) is 5.18. The minimum absolute atomic E-state index is 0.0570. The fourth-order valence-electron chi connectivity index (χ4n) is 3.58. The number of anilines is 1. The summed E-state index contributed by atoms with van der Waals surface area (Å²) < 4.78 is 26.3. The molecule has 0 unspecified atom stereocenters. The van der Waals surface area contributed by atoms with Crippen LogP contribution in [0.4, 0.5) is 5.69 Å². The molecule has 2 atom stereocenters. The van der Waals surface area contributed by atoms with Gasteiger partial charge in [-0.05, 0) is 67.5 Å². The van der Waals surface area contributed by atoms with E-state index in [-0.39, 0.29) is 17.4 Å². The zero-order valence-electron chi connectivity index (χ0n) is 19.3. The zero-order chi connectivity index (χ0) is 22.9. The largest absolute Gasteiger partial charge is 0.348 e. The van der Waals surface area contributed by atoms with Gasteiger partial charge in [-0.1, -0.05) is 51.1 Å². The summed E-state index contributed by atoms with van der Waals surface area (Å²) in [5, 5.41) is 2.96. The molecular weight excluding hydrogens is 396 g/mol. The van der Waals surface area contributed by atoms with Gasteiger partial charge < -0.3 is 5.32 Å². The molecule has 164 valence electrons. The first kappa shape index (κ1) is 23.9. The first-order valence-corrected chi connectivity index (χ1v) is 12.0. The van der Waals surface area contributed by atoms with Crippen molar-refractivity contribution >= 4 is 21.6 Å². The van der Waals surface area contributed by atoms with Gasteiger partial charge in [-0.3, -0.25) is 9.10 Å². The van der Waals surface area contributed by atoms with E-state index in [1.165, 1.54) is 9.87 Å². The number of hydrogen-bond acceptors (Lipinski definition) is 3. The van der Waals surface area contributed by atoms with Crippen molar-refractivity contribution in [1.29, 1.82) is 0 Å². The second-order valence-electron chi connectivity index (χ2n) is 9.18. The lowest BCUT2D eigenvalue weighted by atomic mass is 9.86. The number of nitrogens with one attached hydrogen (secondary N) is 1. The molecule has 0 aromatic heterocycles. The van der Waals surface area contributed by atoms with Crippen LogP contribution in [0.3, 0.4) is 0 Å². The maximum absolute atomic E-state index is 13.0. The highest BCUT2D eigenvalue weighted by atomic mass is 32.2. The lowest BCUT2D eigenvalue weighted by molar-refractivity contribution is -0.122. The number of hydrogen-bond donors (Lipinski definition) is 1. The fraction of sp³-hybridized carbons (Fsp3) is 0.458. The van der Waals surface area contributed by atoms with E-state index in [1.807, 2.05) is 39.0 Å². The predicted octanol–water partition coefficient (Wildman–Crippen LogP) is 4.63. The number of sulfonamides is 1. The van der Waals surface area contributed by atoms with Gasteiger partial charge in [0, 0.05) is 0 Å². The molecule has 1 N–H and O–H groups in total. The van der Waals surface area contributed by atoms with Crippen LogP contribution in [0.2, 0.25) is 0 Å². The summed E-state index contributed by atoms with van der Waals surface area (Å²) in [5.41, 5.74) is 4.63. The molecule has 0 heterocycles. The Kier molecular flexibility index (Phi) is 7.02. The summed E-state index contributed by atoms with van der Waals surface area (Å²) in [6.45, 7) is 13.8. The van der Waals surface area contributed by atoms with E-state index in [0.29, 0.717) is 5.69 Å². The summed E-state index contributed by atoms with van der Waals surface area (Å²) in [4.78, 5) is 13.0. The molecule has 0 saturated heterocycles. The summed E-state index contributed by atoms with van der Waals surface area (Å²) in [5.74, 6) is -0.341. The van der Waals surface area contributed by atoms with Gasteiger partial charge in [0.2, 0.25) is 15.9 Å². The third-order valence-corrected chi connectivity index (χ3v) is 6.43. The minimum atomic E-state index is -3.65. The number of amides is 1. The normalized spacial score (nSPS) is 14.1. The number of benzene rings is 2. The second kappa shape index (κ2) is 8.80. The molecule has 30 heavy (non-hydrogen) atoms. The monoisotopic (exact) mass is 430 g/mol. The lowest BCUT2D eigenvalue weighted by Crippen LogP contribution is -2.48. The van der Waals surface area contributed by atoms with E-state index in [9.17, 15) is 13.2 Å². The molecule has 0 saturated carbocycles. The molecule has 2 rings (SSSR count). The van der Waals surface area contributed by atoms with Crippen molar-refractivity contribution in [1.82, 2.24) is 5.32 Å². The predicted molar refractivity (Wildman–Crippen MR) is 124 cm³/mol. The van der Waals surface area contributed by atoms with E-state index >= 15 is 0 Å². The van der Waals surface area contributed by atoms with Gasteiger partial charge in [0.1, 0.15) is 6.04 Å². The molecule has 2 aromatic carbocycles. The van der Waals surface area contributed by atoms with E-state index in [4.69, 9.17) is 0 Å². The topological polar surface area (TPSA) is 66.5 Å². The molecule has 0 fully saturated rings. The molecule has 0 spiro atoms. The Morgan fingerprint density at radius 3 is 1.90 bits per heavy atom. The summed E-state index contributed by atoms with van der Waals surface area (Å²) in [7, 11) is -3.65. The number of nitrogens with zero attached hydrogens (tertiary/aromatic N) is 1. The van der Waals surface area contributed by atoms with Crippen molar-refractivity contribution in [3.8, 4) is 0 Å². The number of carbonyl (C=O) groups is 1. The van der Waals surface area contributed by atoms with Gasteiger partial charge in [-0.15, -0.1) is 0 Å². The van der Waals surface area contributed by atoms with Crippen LogP contribution in [0.15, 0.2) is 42.5 Å². The van der Waals surface area contributed by atoms with E-state index in [1.54, 1.807) is 19.1 Å². The molecular formula is C24H34N2O3S. The quantitative estimate of drug-likeness (QED) is 0.726. The Bertz CT molecular complexity index is 985. The molecule has 0 bridgehead atoms. The second-order valence-corrected chi connectivity index (χ2v) is 11.0. The van der Waals surface area contributed by atoms with Crippen LogP contribution in [0.25, 0.3) is 0 Å². The Labute approximate surface area is 181 Å². The maximum Gasteiger partial charge on any atom is 0.244 e. The van der Waals surface area contributed by atoms with Crippen molar-refractivity contribution in [2.24, 2.45) is 0 Å². The van der Waals surface area contributed by atoms with Crippen molar-refractivity contribution in [3.05, 3.63) is 64.7 Å². The van der Waals surface area contributed by atoms with Gasteiger partial charge >= 0.3 is 0 Å². The van der Waals surface area contributed by atoms with Crippen LogP contribution >= 0.6 is 0 Å². The summed E-state index contributed by atoms with van der Waals surface area (Å²) in [6.07, 6.45) is 1.13. The first-order chi connectivity index (χ1) is 13.7. The highest BCUT2D eigenvalue weighted by Crippen LogP contribution is 2.26. The first-order valence-electron chi connectivity index (χ1n) is 10.2. The molecule has 1 amide bonds. The lowest BCUT2D eigenvalue weighted by Gasteiger charge is -2.30. The highest BCUT2D eigenvalue weighted by Gasteiger charge is 2.30. The Morgan fingerprint density at radius 2 is 1.47 bits per heavy atom. The number of aryl methyl sites for hydroxylation is 2. The Balaban J connectivity index is 2.25. The molecule has 5 nitrogen and oxygen atoms in total. The van der Waals surface area contributed by atoms with E-state index in [2.05, 4.69) is 38.2 Å². The Hall–Kier alpha value is -2.34.